The van der Waals surface area contributed by atoms with Crippen LogP contribution in [-0.2, 0) is 14.3 Å². The van der Waals surface area contributed by atoms with E-state index in [0.717, 1.165) is 16.3 Å². The van der Waals surface area contributed by atoms with E-state index in [9.17, 15) is 14.4 Å². The molecule has 2 amide bonds. The van der Waals surface area contributed by atoms with Gasteiger partial charge in [-0.25, -0.2) is 4.79 Å². The van der Waals surface area contributed by atoms with Crippen molar-refractivity contribution in [1.82, 2.24) is 5.32 Å². The van der Waals surface area contributed by atoms with Gasteiger partial charge in [0.15, 0.2) is 6.61 Å². The van der Waals surface area contributed by atoms with Crippen molar-refractivity contribution in [2.24, 2.45) is 0 Å². The van der Waals surface area contributed by atoms with E-state index in [1.807, 2.05) is 49.4 Å². The largest absolute Gasteiger partial charge is 0.452 e. The van der Waals surface area contributed by atoms with Crippen LogP contribution in [0.1, 0.15) is 35.8 Å². The molecular weight excluding hydrogens is 368 g/mol. The van der Waals surface area contributed by atoms with E-state index in [1.165, 1.54) is 13.0 Å². The molecule has 3 aromatic rings. The van der Waals surface area contributed by atoms with Gasteiger partial charge < -0.3 is 15.4 Å². The van der Waals surface area contributed by atoms with Crippen LogP contribution < -0.4 is 10.6 Å². The summed E-state index contributed by atoms with van der Waals surface area (Å²) in [7, 11) is 0. The molecule has 0 aliphatic carbocycles. The molecule has 6 nitrogen and oxygen atoms in total. The second-order valence-electron chi connectivity index (χ2n) is 6.70. The quantitative estimate of drug-likeness (QED) is 0.627. The summed E-state index contributed by atoms with van der Waals surface area (Å²) < 4.78 is 5.11. The summed E-state index contributed by atoms with van der Waals surface area (Å²) in [6.07, 6.45) is 0. The zero-order valence-corrected chi connectivity index (χ0v) is 16.3. The maximum absolute atomic E-state index is 12.3. The first-order valence-corrected chi connectivity index (χ1v) is 9.26. The summed E-state index contributed by atoms with van der Waals surface area (Å²) >= 11 is 0. The standard InChI is InChI=1S/C23H22N2O4/c1-15(20-12-6-8-17-7-3-4-11-21(17)20)24-22(27)14-29-23(28)18-9-5-10-19(13-18)25-16(2)26/h3-13,15H,14H2,1-2H3,(H,24,27)(H,25,26). The summed E-state index contributed by atoms with van der Waals surface area (Å²) in [6, 6.07) is 20.0. The van der Waals surface area contributed by atoms with Gasteiger partial charge in [-0.15, -0.1) is 0 Å². The first-order valence-electron chi connectivity index (χ1n) is 9.26. The lowest BCUT2D eigenvalue weighted by Gasteiger charge is -2.16. The van der Waals surface area contributed by atoms with Crippen LogP contribution in [-0.4, -0.2) is 24.4 Å². The molecule has 0 heterocycles. The van der Waals surface area contributed by atoms with Gasteiger partial charge in [-0.3, -0.25) is 9.59 Å². The smallest absolute Gasteiger partial charge is 0.338 e. The van der Waals surface area contributed by atoms with E-state index in [0.29, 0.717) is 5.69 Å². The van der Waals surface area contributed by atoms with Crippen molar-refractivity contribution in [1.29, 1.82) is 0 Å². The molecule has 0 spiro atoms. The molecule has 0 saturated heterocycles. The van der Waals surface area contributed by atoms with Crippen molar-refractivity contribution in [3.8, 4) is 0 Å². The third kappa shape index (κ3) is 5.19. The number of anilines is 1. The molecule has 0 aliphatic heterocycles. The van der Waals surface area contributed by atoms with Crippen LogP contribution in [0.25, 0.3) is 10.8 Å². The molecule has 1 unspecified atom stereocenters. The van der Waals surface area contributed by atoms with Gasteiger partial charge in [0.25, 0.3) is 5.91 Å². The lowest BCUT2D eigenvalue weighted by molar-refractivity contribution is -0.124. The van der Waals surface area contributed by atoms with E-state index in [2.05, 4.69) is 10.6 Å². The van der Waals surface area contributed by atoms with Crippen molar-refractivity contribution in [3.63, 3.8) is 0 Å². The Bertz CT molecular complexity index is 1060. The summed E-state index contributed by atoms with van der Waals surface area (Å²) in [5, 5.41) is 7.62. The number of nitrogens with one attached hydrogen (secondary N) is 2. The number of hydrogen-bond donors (Lipinski definition) is 2. The van der Waals surface area contributed by atoms with Gasteiger partial charge in [0.2, 0.25) is 5.91 Å². The molecular formula is C23H22N2O4. The Morgan fingerprint density at radius 2 is 1.69 bits per heavy atom. The maximum Gasteiger partial charge on any atom is 0.338 e. The lowest BCUT2D eigenvalue weighted by Crippen LogP contribution is -2.31. The van der Waals surface area contributed by atoms with Gasteiger partial charge in [0.1, 0.15) is 0 Å². The van der Waals surface area contributed by atoms with E-state index in [4.69, 9.17) is 4.74 Å². The Labute approximate surface area is 168 Å². The number of rotatable bonds is 6. The highest BCUT2D eigenvalue weighted by atomic mass is 16.5. The van der Waals surface area contributed by atoms with Crippen molar-refractivity contribution >= 4 is 34.2 Å². The van der Waals surface area contributed by atoms with Gasteiger partial charge in [0, 0.05) is 12.6 Å². The molecule has 0 fully saturated rings. The zero-order chi connectivity index (χ0) is 20.8. The van der Waals surface area contributed by atoms with Crippen molar-refractivity contribution in [2.75, 3.05) is 11.9 Å². The van der Waals surface area contributed by atoms with Crippen LogP contribution >= 0.6 is 0 Å². The first kappa shape index (κ1) is 20.1. The molecule has 3 rings (SSSR count). The molecule has 29 heavy (non-hydrogen) atoms. The monoisotopic (exact) mass is 390 g/mol. The van der Waals surface area contributed by atoms with Crippen LogP contribution in [0.5, 0.6) is 0 Å². The van der Waals surface area contributed by atoms with E-state index < -0.39 is 18.5 Å². The van der Waals surface area contributed by atoms with Gasteiger partial charge in [-0.1, -0.05) is 48.5 Å². The third-order valence-corrected chi connectivity index (χ3v) is 4.42. The van der Waals surface area contributed by atoms with Crippen molar-refractivity contribution in [2.45, 2.75) is 19.9 Å². The van der Waals surface area contributed by atoms with E-state index in [-0.39, 0.29) is 17.5 Å². The highest BCUT2D eigenvalue weighted by molar-refractivity contribution is 5.94. The fourth-order valence-corrected chi connectivity index (χ4v) is 3.13. The number of carbonyl (C=O) groups excluding carboxylic acids is 3. The number of carbonyl (C=O) groups is 3. The number of hydrogen-bond acceptors (Lipinski definition) is 4. The molecule has 3 aromatic carbocycles. The van der Waals surface area contributed by atoms with Gasteiger partial charge >= 0.3 is 5.97 Å². The molecule has 0 saturated carbocycles. The summed E-state index contributed by atoms with van der Waals surface area (Å²) in [6.45, 7) is 2.88. The Balaban J connectivity index is 1.59. The van der Waals surface area contributed by atoms with Gasteiger partial charge in [-0.2, -0.15) is 0 Å². The summed E-state index contributed by atoms with van der Waals surface area (Å²) in [4.78, 5) is 35.6. The topological polar surface area (TPSA) is 84.5 Å². The molecule has 1 atom stereocenters. The van der Waals surface area contributed by atoms with Gasteiger partial charge in [-0.05, 0) is 41.5 Å². The number of amides is 2. The minimum absolute atomic E-state index is 0.239. The van der Waals surface area contributed by atoms with Crippen molar-refractivity contribution in [3.05, 3.63) is 77.9 Å². The third-order valence-electron chi connectivity index (χ3n) is 4.42. The first-order chi connectivity index (χ1) is 13.9. The second kappa shape index (κ2) is 9.01. The highest BCUT2D eigenvalue weighted by Crippen LogP contribution is 2.24. The molecule has 6 heteroatoms. The number of benzene rings is 3. The number of esters is 1. The zero-order valence-electron chi connectivity index (χ0n) is 16.3. The fourth-order valence-electron chi connectivity index (χ4n) is 3.13. The Morgan fingerprint density at radius 3 is 2.48 bits per heavy atom. The molecule has 0 aliphatic rings. The van der Waals surface area contributed by atoms with Gasteiger partial charge in [0.05, 0.1) is 11.6 Å². The highest BCUT2D eigenvalue weighted by Gasteiger charge is 2.15. The molecule has 0 bridgehead atoms. The second-order valence-corrected chi connectivity index (χ2v) is 6.70. The predicted molar refractivity (Wildman–Crippen MR) is 112 cm³/mol. The summed E-state index contributed by atoms with van der Waals surface area (Å²) in [5.41, 5.74) is 1.73. The van der Waals surface area contributed by atoms with Crippen LogP contribution in [0.4, 0.5) is 5.69 Å². The Morgan fingerprint density at radius 1 is 0.966 bits per heavy atom. The fraction of sp³-hybridized carbons (Fsp3) is 0.174. The predicted octanol–water partition coefficient (Wildman–Crippen LogP) is 3.83. The van der Waals surface area contributed by atoms with Crippen LogP contribution in [0.2, 0.25) is 0 Å². The molecule has 148 valence electrons. The average Bonchev–Trinajstić information content (AvgIpc) is 2.71. The number of fused-ring (bicyclic) bond motifs is 1. The Kier molecular flexibility index (Phi) is 6.24. The van der Waals surface area contributed by atoms with Crippen LogP contribution in [0, 0.1) is 0 Å². The normalized spacial score (nSPS) is 11.5. The molecule has 2 N–H and O–H groups in total. The minimum Gasteiger partial charge on any atom is -0.452 e. The van der Waals surface area contributed by atoms with E-state index in [1.54, 1.807) is 18.2 Å². The van der Waals surface area contributed by atoms with Crippen LogP contribution in [0.15, 0.2) is 66.7 Å². The molecule has 0 aromatic heterocycles. The van der Waals surface area contributed by atoms with Crippen molar-refractivity contribution < 1.29 is 19.1 Å². The number of ether oxygens (including phenoxy) is 1. The SMILES string of the molecule is CC(=O)Nc1cccc(C(=O)OCC(=O)NC(C)c2cccc3ccccc23)c1. The maximum atomic E-state index is 12.3. The minimum atomic E-state index is -0.634. The Hall–Kier alpha value is -3.67. The summed E-state index contributed by atoms with van der Waals surface area (Å²) in [5.74, 6) is -1.26. The van der Waals surface area contributed by atoms with E-state index >= 15 is 0 Å². The lowest BCUT2D eigenvalue weighted by atomic mass is 10.00. The molecule has 0 radical (unpaired) electrons. The van der Waals surface area contributed by atoms with Crippen LogP contribution in [0.3, 0.4) is 0 Å². The average molecular weight is 390 g/mol.